The highest BCUT2D eigenvalue weighted by Gasteiger charge is 2.40. The van der Waals surface area contributed by atoms with Crippen LogP contribution in [0.4, 0.5) is 0 Å². The van der Waals surface area contributed by atoms with E-state index in [9.17, 15) is 4.79 Å². The van der Waals surface area contributed by atoms with Gasteiger partial charge in [0.25, 0.3) is 0 Å². The maximum Gasteiger partial charge on any atom is 0.303 e. The van der Waals surface area contributed by atoms with Gasteiger partial charge in [-0.05, 0) is 23.9 Å². The Morgan fingerprint density at radius 3 is 1.66 bits per heavy atom. The third kappa shape index (κ3) is 13.2. The molecule has 0 aromatic carbocycles. The van der Waals surface area contributed by atoms with E-state index in [1.807, 2.05) is 6.26 Å². The van der Waals surface area contributed by atoms with E-state index in [-0.39, 0.29) is 17.1 Å². The molecule has 1 atom stereocenters. The van der Waals surface area contributed by atoms with Crippen LogP contribution in [0.15, 0.2) is 16.7 Å². The van der Waals surface area contributed by atoms with Gasteiger partial charge in [0.05, 0.1) is 11.6 Å². The topological polar surface area (TPSA) is 39.4 Å². The van der Waals surface area contributed by atoms with Crippen LogP contribution in [0.25, 0.3) is 0 Å². The fourth-order valence-corrected chi connectivity index (χ4v) is 6.21. The average molecular weight is 507 g/mol. The molecule has 0 spiro atoms. The molecule has 0 amide bonds. The Hall–Kier alpha value is -1.03. The lowest BCUT2D eigenvalue weighted by Gasteiger charge is -2.34. The molecule has 0 aliphatic heterocycles. The molecule has 0 saturated heterocycles. The quantitative estimate of drug-likeness (QED) is 0.100. The number of hydrogen-bond donors (Lipinski definition) is 0. The molecule has 1 unspecified atom stereocenters. The summed E-state index contributed by atoms with van der Waals surface area (Å²) < 4.78 is 11.7. The van der Waals surface area contributed by atoms with Crippen LogP contribution in [0.5, 0.6) is 0 Å². The molecule has 0 radical (unpaired) electrons. The van der Waals surface area contributed by atoms with E-state index in [0.29, 0.717) is 0 Å². The van der Waals surface area contributed by atoms with Crippen LogP contribution >= 0.6 is 0 Å². The van der Waals surface area contributed by atoms with Gasteiger partial charge < -0.3 is 9.15 Å². The Morgan fingerprint density at radius 1 is 0.829 bits per heavy atom. The minimum Gasteiger partial charge on any atom is -0.474 e. The molecule has 0 bridgehead atoms. The Morgan fingerprint density at radius 2 is 1.26 bits per heavy atom. The van der Waals surface area contributed by atoms with Gasteiger partial charge in [-0.1, -0.05) is 137 Å². The molecule has 1 heterocycles. The summed E-state index contributed by atoms with van der Waals surface area (Å²) in [5.41, 5.74) is 1.03. The molecule has 0 N–H and O–H groups in total. The molecule has 1 rings (SSSR count). The zero-order valence-corrected chi connectivity index (χ0v) is 25.5. The smallest absolute Gasteiger partial charge is 0.303 e. The van der Waals surface area contributed by atoms with Crippen molar-refractivity contribution in [1.82, 2.24) is 0 Å². The number of carbonyl (C=O) groups excluding carboxylic acids is 1. The molecule has 1 aromatic heterocycles. The first-order valence-electron chi connectivity index (χ1n) is 14.9. The Kier molecular flexibility index (Phi) is 15.9. The molecule has 204 valence electrons. The SMILES string of the molecule is CCCCCCCCCCCCCCCCCCC(OC(C)=O)c1coc([Si](C)(C)C(C)(C)C)c1. The van der Waals surface area contributed by atoms with Gasteiger partial charge in [-0.15, -0.1) is 0 Å². The maximum absolute atomic E-state index is 11.7. The van der Waals surface area contributed by atoms with E-state index in [0.717, 1.165) is 23.8 Å². The molecule has 4 heteroatoms. The number of hydrogen-bond acceptors (Lipinski definition) is 3. The van der Waals surface area contributed by atoms with Crippen molar-refractivity contribution in [2.24, 2.45) is 0 Å². The van der Waals surface area contributed by atoms with Crippen molar-refractivity contribution < 1.29 is 13.9 Å². The third-order valence-electron chi connectivity index (χ3n) is 8.11. The summed E-state index contributed by atoms with van der Waals surface area (Å²) in [6, 6.07) is 2.16. The van der Waals surface area contributed by atoms with E-state index < -0.39 is 8.07 Å². The predicted octanol–water partition coefficient (Wildman–Crippen LogP) is 10.3. The Balaban J connectivity index is 2.20. The molecule has 1 aromatic rings. The van der Waals surface area contributed by atoms with Crippen molar-refractivity contribution in [2.75, 3.05) is 0 Å². The zero-order chi connectivity index (χ0) is 26.2. The first-order valence-corrected chi connectivity index (χ1v) is 17.9. The number of esters is 1. The van der Waals surface area contributed by atoms with E-state index >= 15 is 0 Å². The summed E-state index contributed by atoms with van der Waals surface area (Å²) in [6.45, 7) is 15.4. The van der Waals surface area contributed by atoms with Crippen molar-refractivity contribution in [3.8, 4) is 0 Å². The number of unbranched alkanes of at least 4 members (excludes halogenated alkanes) is 15. The van der Waals surface area contributed by atoms with Gasteiger partial charge in [0.2, 0.25) is 0 Å². The summed E-state index contributed by atoms with van der Waals surface area (Å²) >= 11 is 0. The third-order valence-corrected chi connectivity index (χ3v) is 13.4. The van der Waals surface area contributed by atoms with Crippen LogP contribution in [-0.2, 0) is 9.53 Å². The van der Waals surface area contributed by atoms with Gasteiger partial charge in [-0.3, -0.25) is 4.79 Å². The highest BCUT2D eigenvalue weighted by molar-refractivity contribution is 6.91. The molecule has 0 fully saturated rings. The lowest BCUT2D eigenvalue weighted by Crippen LogP contribution is -2.48. The fourth-order valence-electron chi connectivity index (χ4n) is 4.59. The van der Waals surface area contributed by atoms with Crippen LogP contribution in [0.1, 0.15) is 155 Å². The number of ether oxygens (including phenoxy) is 1. The van der Waals surface area contributed by atoms with Crippen LogP contribution in [0.3, 0.4) is 0 Å². The number of furan rings is 1. The average Bonchev–Trinajstić information content (AvgIpc) is 3.28. The van der Waals surface area contributed by atoms with Crippen LogP contribution in [-0.4, -0.2) is 14.0 Å². The van der Waals surface area contributed by atoms with Gasteiger partial charge in [-0.25, -0.2) is 0 Å². The molecule has 35 heavy (non-hydrogen) atoms. The second-order valence-corrected chi connectivity index (χ2v) is 17.6. The standard InChI is InChI=1S/C31H58O3Si/c1-8-9-10-11-12-13-14-15-16-17-18-19-20-21-22-23-24-29(34-27(2)32)28-25-30(33-26-28)35(6,7)31(3,4)5/h25-26,29H,8-24H2,1-7H3. The summed E-state index contributed by atoms with van der Waals surface area (Å²) in [4.78, 5) is 11.7. The van der Waals surface area contributed by atoms with E-state index in [2.05, 4.69) is 46.9 Å². The molecule has 0 aliphatic rings. The molecule has 3 nitrogen and oxygen atoms in total. The zero-order valence-electron chi connectivity index (χ0n) is 24.5. The van der Waals surface area contributed by atoms with Crippen molar-refractivity contribution >= 4 is 19.4 Å². The van der Waals surface area contributed by atoms with Crippen LogP contribution in [0, 0.1) is 0 Å². The maximum atomic E-state index is 11.7. The monoisotopic (exact) mass is 506 g/mol. The first kappa shape index (κ1) is 32.0. The van der Waals surface area contributed by atoms with Gasteiger partial charge >= 0.3 is 5.97 Å². The Bertz CT molecular complexity index is 671. The van der Waals surface area contributed by atoms with Crippen molar-refractivity contribution in [3.05, 3.63) is 17.9 Å². The fraction of sp³-hybridized carbons (Fsp3) is 0.839. The summed E-state index contributed by atoms with van der Waals surface area (Å²) in [6.07, 6.45) is 24.4. The van der Waals surface area contributed by atoms with Crippen molar-refractivity contribution in [3.63, 3.8) is 0 Å². The van der Waals surface area contributed by atoms with Crippen molar-refractivity contribution in [2.45, 2.75) is 168 Å². The van der Waals surface area contributed by atoms with Crippen LogP contribution < -0.4 is 5.38 Å². The summed E-state index contributed by atoms with van der Waals surface area (Å²) in [7, 11) is -1.73. The molecule has 0 saturated carbocycles. The number of rotatable bonds is 20. The summed E-state index contributed by atoms with van der Waals surface area (Å²) in [5.74, 6) is -0.207. The molecular weight excluding hydrogens is 448 g/mol. The first-order chi connectivity index (χ1) is 16.6. The van der Waals surface area contributed by atoms with Gasteiger partial charge in [-0.2, -0.15) is 0 Å². The van der Waals surface area contributed by atoms with E-state index in [4.69, 9.17) is 9.15 Å². The predicted molar refractivity (Wildman–Crippen MR) is 154 cm³/mol. The van der Waals surface area contributed by atoms with Gasteiger partial charge in [0.1, 0.15) is 14.2 Å². The lowest BCUT2D eigenvalue weighted by molar-refractivity contribution is -0.147. The second kappa shape index (κ2) is 17.4. The minimum atomic E-state index is -1.73. The lowest BCUT2D eigenvalue weighted by atomic mass is 10.0. The van der Waals surface area contributed by atoms with E-state index in [1.165, 1.54) is 103 Å². The van der Waals surface area contributed by atoms with Gasteiger partial charge in [0, 0.05) is 12.5 Å². The highest BCUT2D eigenvalue weighted by Crippen LogP contribution is 2.36. The Labute approximate surface area is 219 Å². The van der Waals surface area contributed by atoms with Crippen LogP contribution in [0.2, 0.25) is 18.1 Å². The highest BCUT2D eigenvalue weighted by atomic mass is 28.3. The summed E-state index contributed by atoms with van der Waals surface area (Å²) in [5, 5.41) is 1.32. The largest absolute Gasteiger partial charge is 0.474 e. The van der Waals surface area contributed by atoms with Gasteiger partial charge in [0.15, 0.2) is 0 Å². The normalized spacial score (nSPS) is 13.2. The molecular formula is C31H58O3Si. The van der Waals surface area contributed by atoms with Crippen molar-refractivity contribution in [1.29, 1.82) is 0 Å². The number of carbonyl (C=O) groups is 1. The minimum absolute atomic E-state index is 0.179. The second-order valence-electron chi connectivity index (χ2n) is 12.3. The van der Waals surface area contributed by atoms with E-state index in [1.54, 1.807) is 0 Å². The molecule has 0 aliphatic carbocycles.